The molecule has 2 unspecified atom stereocenters. The first-order valence-corrected chi connectivity index (χ1v) is 15.3. The highest BCUT2D eigenvalue weighted by molar-refractivity contribution is 7.80. The van der Waals surface area contributed by atoms with Crippen LogP contribution in [-0.4, -0.2) is 50.3 Å². The molecule has 1 heterocycles. The highest BCUT2D eigenvalue weighted by atomic mass is 32.3. The van der Waals surface area contributed by atoms with Gasteiger partial charge in [-0.2, -0.15) is 8.42 Å². The van der Waals surface area contributed by atoms with Crippen molar-refractivity contribution in [2.45, 2.75) is 110 Å². The Morgan fingerprint density at radius 3 is 2.20 bits per heavy atom. The molecule has 6 nitrogen and oxygen atoms in total. The molecule has 7 heteroatoms. The molecule has 1 aliphatic heterocycles. The zero-order valence-electron chi connectivity index (χ0n) is 22.1. The number of hydrogen-bond donors (Lipinski definition) is 1. The van der Waals surface area contributed by atoms with Gasteiger partial charge in [0.1, 0.15) is 6.10 Å². The Morgan fingerprint density at radius 1 is 0.914 bits per heavy atom. The standard InChI is InChI=1S/C28H49NO5S/c1-3-5-7-9-11-15-25(14-10-8-6-4-2)19-21-33-24-28(34-35(30,31)32)23-29-20-18-26-16-12-13-17-27(26)22-29/h12-13,16-17,25,28H,3-11,14-15,18-24H2,1-2H3,(H,30,31,32). The van der Waals surface area contributed by atoms with E-state index in [4.69, 9.17) is 8.92 Å². The van der Waals surface area contributed by atoms with Crippen LogP contribution in [-0.2, 0) is 32.3 Å². The molecular formula is C28H49NO5S. The van der Waals surface area contributed by atoms with Crippen LogP contribution in [0.15, 0.2) is 24.3 Å². The van der Waals surface area contributed by atoms with Gasteiger partial charge < -0.3 is 4.74 Å². The normalized spacial score (nSPS) is 16.2. The lowest BCUT2D eigenvalue weighted by Gasteiger charge is -2.31. The van der Waals surface area contributed by atoms with Crippen molar-refractivity contribution in [3.8, 4) is 0 Å². The highest BCUT2D eigenvalue weighted by Crippen LogP contribution is 2.22. The van der Waals surface area contributed by atoms with Crippen molar-refractivity contribution in [3.05, 3.63) is 35.4 Å². The molecule has 0 saturated carbocycles. The quantitative estimate of drug-likeness (QED) is 0.157. The first kappa shape index (κ1) is 30.2. The summed E-state index contributed by atoms with van der Waals surface area (Å²) in [4.78, 5) is 2.17. The molecule has 0 amide bonds. The number of ether oxygens (including phenoxy) is 1. The number of hydrogen-bond acceptors (Lipinski definition) is 5. The average molecular weight is 512 g/mol. The lowest BCUT2D eigenvalue weighted by atomic mass is 9.92. The predicted octanol–water partition coefficient (Wildman–Crippen LogP) is 6.59. The van der Waals surface area contributed by atoms with E-state index < -0.39 is 16.5 Å². The van der Waals surface area contributed by atoms with Crippen molar-refractivity contribution in [2.24, 2.45) is 5.92 Å². The monoisotopic (exact) mass is 511 g/mol. The Balaban J connectivity index is 1.79. The van der Waals surface area contributed by atoms with Crippen LogP contribution in [0, 0.1) is 5.92 Å². The van der Waals surface area contributed by atoms with Crippen molar-refractivity contribution < 1.29 is 21.9 Å². The third-order valence-electron chi connectivity index (χ3n) is 7.09. The third-order valence-corrected chi connectivity index (χ3v) is 7.60. The molecule has 0 fully saturated rings. The van der Waals surface area contributed by atoms with E-state index in [1.54, 1.807) is 0 Å². The topological polar surface area (TPSA) is 76.1 Å². The molecule has 0 spiro atoms. The van der Waals surface area contributed by atoms with Crippen molar-refractivity contribution in [3.63, 3.8) is 0 Å². The zero-order chi connectivity index (χ0) is 25.4. The van der Waals surface area contributed by atoms with Gasteiger partial charge in [0.25, 0.3) is 0 Å². The first-order valence-electron chi connectivity index (χ1n) is 13.9. The van der Waals surface area contributed by atoms with Crippen LogP contribution in [0.3, 0.4) is 0 Å². The number of nitrogens with zero attached hydrogens (tertiary/aromatic N) is 1. The molecule has 1 aliphatic rings. The smallest absolute Gasteiger partial charge is 0.379 e. The maximum absolute atomic E-state index is 11.4. The van der Waals surface area contributed by atoms with Gasteiger partial charge in [-0.3, -0.25) is 9.45 Å². The SMILES string of the molecule is CCCCCCCC(CCCCCC)CCOCC(CN1CCc2ccccc2C1)OS(=O)(=O)O. The van der Waals surface area contributed by atoms with Gasteiger partial charge >= 0.3 is 10.4 Å². The van der Waals surface area contributed by atoms with Crippen molar-refractivity contribution in [1.29, 1.82) is 0 Å². The molecular weight excluding hydrogens is 462 g/mol. The average Bonchev–Trinajstić information content (AvgIpc) is 2.82. The molecule has 2 atom stereocenters. The Kier molecular flexibility index (Phi) is 15.1. The summed E-state index contributed by atoms with van der Waals surface area (Å²) in [5.74, 6) is 0.660. The van der Waals surface area contributed by atoms with E-state index in [-0.39, 0.29) is 6.61 Å². The van der Waals surface area contributed by atoms with E-state index in [0.29, 0.717) is 19.1 Å². The van der Waals surface area contributed by atoms with Gasteiger partial charge in [0.15, 0.2) is 0 Å². The lowest BCUT2D eigenvalue weighted by molar-refractivity contribution is 0.0202. The molecule has 1 aromatic carbocycles. The van der Waals surface area contributed by atoms with E-state index in [9.17, 15) is 13.0 Å². The largest absolute Gasteiger partial charge is 0.397 e. The summed E-state index contributed by atoms with van der Waals surface area (Å²) in [5, 5.41) is 0. The fourth-order valence-corrected chi connectivity index (χ4v) is 5.54. The van der Waals surface area contributed by atoms with Gasteiger partial charge in [-0.15, -0.1) is 0 Å². The number of fused-ring (bicyclic) bond motifs is 1. The Hall–Kier alpha value is -0.990. The number of unbranched alkanes of at least 4 members (excludes halogenated alkanes) is 7. The molecule has 0 saturated heterocycles. The summed E-state index contributed by atoms with van der Waals surface area (Å²) in [6, 6.07) is 8.33. The van der Waals surface area contributed by atoms with E-state index in [0.717, 1.165) is 25.9 Å². The first-order chi connectivity index (χ1) is 16.9. The summed E-state index contributed by atoms with van der Waals surface area (Å²) < 4.78 is 43.1. The van der Waals surface area contributed by atoms with E-state index in [1.807, 2.05) is 6.07 Å². The summed E-state index contributed by atoms with van der Waals surface area (Å²) in [7, 11) is -4.53. The molecule has 0 aliphatic carbocycles. The maximum Gasteiger partial charge on any atom is 0.397 e. The molecule has 0 aromatic heterocycles. The Labute approximate surface area is 214 Å². The van der Waals surface area contributed by atoms with E-state index in [1.165, 1.54) is 81.8 Å². The van der Waals surface area contributed by atoms with Crippen LogP contribution in [0.25, 0.3) is 0 Å². The minimum absolute atomic E-state index is 0.164. The molecule has 0 bridgehead atoms. The van der Waals surface area contributed by atoms with Crippen molar-refractivity contribution in [1.82, 2.24) is 4.90 Å². The summed E-state index contributed by atoms with van der Waals surface area (Å²) >= 11 is 0. The fraction of sp³-hybridized carbons (Fsp3) is 0.786. The van der Waals surface area contributed by atoms with Gasteiger partial charge in [0.05, 0.1) is 6.61 Å². The molecule has 35 heavy (non-hydrogen) atoms. The number of rotatable bonds is 20. The summed E-state index contributed by atoms with van der Waals surface area (Å²) in [5.41, 5.74) is 2.60. The molecule has 1 aromatic rings. The van der Waals surface area contributed by atoms with Crippen LogP contribution < -0.4 is 0 Å². The minimum Gasteiger partial charge on any atom is -0.379 e. The second-order valence-electron chi connectivity index (χ2n) is 10.2. The second kappa shape index (κ2) is 17.5. The van der Waals surface area contributed by atoms with Gasteiger partial charge in [0.2, 0.25) is 0 Å². The van der Waals surface area contributed by atoms with Crippen molar-refractivity contribution in [2.75, 3.05) is 26.3 Å². The number of benzene rings is 1. The summed E-state index contributed by atoms with van der Waals surface area (Å²) in [6.07, 6.45) is 15.3. The second-order valence-corrected chi connectivity index (χ2v) is 11.2. The van der Waals surface area contributed by atoms with Crippen LogP contribution in [0.5, 0.6) is 0 Å². The molecule has 1 N–H and O–H groups in total. The maximum atomic E-state index is 11.4. The van der Waals surface area contributed by atoms with Crippen LogP contribution in [0.1, 0.15) is 102 Å². The minimum atomic E-state index is -4.53. The van der Waals surface area contributed by atoms with Gasteiger partial charge in [0, 0.05) is 26.2 Å². The van der Waals surface area contributed by atoms with E-state index >= 15 is 0 Å². The Bertz CT molecular complexity index is 785. The predicted molar refractivity (Wildman–Crippen MR) is 143 cm³/mol. The van der Waals surface area contributed by atoms with Gasteiger partial charge in [-0.25, -0.2) is 4.18 Å². The molecule has 0 radical (unpaired) electrons. The fourth-order valence-electron chi connectivity index (χ4n) is 5.08. The lowest BCUT2D eigenvalue weighted by Crippen LogP contribution is -2.40. The zero-order valence-corrected chi connectivity index (χ0v) is 22.9. The van der Waals surface area contributed by atoms with Crippen molar-refractivity contribution >= 4 is 10.4 Å². The highest BCUT2D eigenvalue weighted by Gasteiger charge is 2.24. The molecule has 2 rings (SSSR count). The van der Waals surface area contributed by atoms with Crippen LogP contribution >= 0.6 is 0 Å². The van der Waals surface area contributed by atoms with Gasteiger partial charge in [-0.1, -0.05) is 109 Å². The van der Waals surface area contributed by atoms with Gasteiger partial charge in [-0.05, 0) is 29.9 Å². The van der Waals surface area contributed by atoms with E-state index in [2.05, 4.69) is 36.9 Å². The third kappa shape index (κ3) is 13.8. The molecule has 202 valence electrons. The Morgan fingerprint density at radius 2 is 1.54 bits per heavy atom. The van der Waals surface area contributed by atoms with Crippen LogP contribution in [0.4, 0.5) is 0 Å². The summed E-state index contributed by atoms with van der Waals surface area (Å²) in [6.45, 7) is 7.24. The van der Waals surface area contributed by atoms with Crippen LogP contribution in [0.2, 0.25) is 0 Å².